The van der Waals surface area contributed by atoms with Crippen LogP contribution in [0.5, 0.6) is 0 Å². The zero-order valence-corrected chi connectivity index (χ0v) is 19.8. The smallest absolute Gasteiger partial charge is 0.278 e. The Morgan fingerprint density at radius 2 is 2.09 bits per heavy atom. The Kier molecular flexibility index (Phi) is 5.93. The number of amides is 1. The number of rotatable bonds is 8. The van der Waals surface area contributed by atoms with Crippen LogP contribution in [0.1, 0.15) is 49.5 Å². The third-order valence-electron chi connectivity index (χ3n) is 6.44. The third-order valence-corrected chi connectivity index (χ3v) is 7.76. The second-order valence-electron chi connectivity index (χ2n) is 9.08. The van der Waals surface area contributed by atoms with Gasteiger partial charge in [0.25, 0.3) is 11.5 Å². The molecule has 4 rings (SSSR count). The minimum absolute atomic E-state index is 0.0719. The molecular weight excluding hydrogens is 430 g/mol. The molecule has 0 radical (unpaired) electrons. The zero-order chi connectivity index (χ0) is 23.2. The number of carbonyl (C=O) groups excluding carboxylic acids is 1. The number of aromatic nitrogens is 2. The van der Waals surface area contributed by atoms with Crippen molar-refractivity contribution in [2.45, 2.75) is 51.2 Å². The fourth-order valence-corrected chi connectivity index (χ4v) is 5.15. The first-order chi connectivity index (χ1) is 15.1. The fourth-order valence-electron chi connectivity index (χ4n) is 4.68. The standard InChI is InChI=1S/C22H31N5O4S/c1-15(2)27-22(29)19(12-17-7-5-10-26(17)27)21(28)23-20-13-18-11-16(20)14-25(18)9-6-8-24(3)32(4,30)31/h5,7,10,12,14-15,18,20H,6,8-9,11,13H2,1-4H3,(H,23,28). The summed E-state index contributed by atoms with van der Waals surface area (Å²) in [4.78, 5) is 28.3. The average molecular weight is 462 g/mol. The van der Waals surface area contributed by atoms with E-state index in [1.54, 1.807) is 22.3 Å². The molecule has 3 heterocycles. The van der Waals surface area contributed by atoms with Crippen LogP contribution in [-0.2, 0) is 10.0 Å². The predicted octanol–water partition coefficient (Wildman–Crippen LogP) is 1.42. The maximum Gasteiger partial charge on any atom is 0.278 e. The molecule has 9 nitrogen and oxygen atoms in total. The van der Waals surface area contributed by atoms with Crippen LogP contribution in [0.2, 0.25) is 0 Å². The van der Waals surface area contributed by atoms with E-state index < -0.39 is 10.0 Å². The lowest BCUT2D eigenvalue weighted by atomic mass is 10.1. The highest BCUT2D eigenvalue weighted by Crippen LogP contribution is 2.36. The Labute approximate surface area is 188 Å². The summed E-state index contributed by atoms with van der Waals surface area (Å²) in [6.45, 7) is 5.10. The van der Waals surface area contributed by atoms with Crippen molar-refractivity contribution in [3.63, 3.8) is 0 Å². The maximum absolute atomic E-state index is 13.0. The normalized spacial score (nSPS) is 20.6. The monoisotopic (exact) mass is 461 g/mol. The van der Waals surface area contributed by atoms with E-state index in [1.807, 2.05) is 32.2 Å². The topological polar surface area (TPSA) is 96.1 Å². The van der Waals surface area contributed by atoms with E-state index >= 15 is 0 Å². The Hall–Kier alpha value is -2.59. The van der Waals surface area contributed by atoms with Crippen LogP contribution in [0, 0.1) is 0 Å². The molecule has 1 fully saturated rings. The maximum atomic E-state index is 13.0. The number of carbonyl (C=O) groups is 1. The van der Waals surface area contributed by atoms with E-state index in [1.165, 1.54) is 10.6 Å². The van der Waals surface area contributed by atoms with Gasteiger partial charge in [-0.15, -0.1) is 0 Å². The second-order valence-corrected chi connectivity index (χ2v) is 11.2. The second kappa shape index (κ2) is 8.40. The summed E-state index contributed by atoms with van der Waals surface area (Å²) in [6.07, 6.45) is 7.55. The first kappa shape index (κ1) is 22.6. The molecule has 1 N–H and O–H groups in total. The van der Waals surface area contributed by atoms with Gasteiger partial charge in [0.15, 0.2) is 0 Å². The molecule has 2 aliphatic rings. The van der Waals surface area contributed by atoms with Crippen LogP contribution in [0.4, 0.5) is 0 Å². The van der Waals surface area contributed by atoms with Gasteiger partial charge in [-0.2, -0.15) is 0 Å². The van der Waals surface area contributed by atoms with E-state index in [9.17, 15) is 18.0 Å². The van der Waals surface area contributed by atoms with Gasteiger partial charge in [0, 0.05) is 44.6 Å². The van der Waals surface area contributed by atoms with Crippen LogP contribution in [0.25, 0.3) is 5.52 Å². The summed E-state index contributed by atoms with van der Waals surface area (Å²) < 4.78 is 27.8. The molecule has 2 atom stereocenters. The number of hydrogen-bond acceptors (Lipinski definition) is 5. The number of sulfonamides is 1. The third kappa shape index (κ3) is 4.21. The van der Waals surface area contributed by atoms with Gasteiger partial charge in [0.1, 0.15) is 5.56 Å². The van der Waals surface area contributed by atoms with Crippen molar-refractivity contribution >= 4 is 21.4 Å². The van der Waals surface area contributed by atoms with Crippen LogP contribution in [-0.4, -0.2) is 71.2 Å². The molecule has 0 spiro atoms. The van der Waals surface area contributed by atoms with Crippen LogP contribution in [0.3, 0.4) is 0 Å². The Morgan fingerprint density at radius 3 is 2.72 bits per heavy atom. The quantitative estimate of drug-likeness (QED) is 0.642. The van der Waals surface area contributed by atoms with Gasteiger partial charge in [0.2, 0.25) is 10.0 Å². The summed E-state index contributed by atoms with van der Waals surface area (Å²) in [5.41, 5.74) is 1.83. The molecule has 174 valence electrons. The molecule has 1 saturated carbocycles. The predicted molar refractivity (Wildman–Crippen MR) is 123 cm³/mol. The fraction of sp³-hybridized carbons (Fsp3) is 0.545. The molecule has 10 heteroatoms. The van der Waals surface area contributed by atoms with Gasteiger partial charge in [0.05, 0.1) is 17.8 Å². The number of nitrogens with one attached hydrogen (secondary N) is 1. The molecule has 2 unspecified atom stereocenters. The minimum atomic E-state index is -3.16. The van der Waals surface area contributed by atoms with Crippen molar-refractivity contribution in [3.05, 3.63) is 52.1 Å². The first-order valence-corrected chi connectivity index (χ1v) is 12.8. The Bertz CT molecular complexity index is 1230. The summed E-state index contributed by atoms with van der Waals surface area (Å²) >= 11 is 0. The van der Waals surface area contributed by atoms with E-state index in [-0.39, 0.29) is 29.1 Å². The largest absolute Gasteiger partial charge is 0.374 e. The number of hydrogen-bond donors (Lipinski definition) is 1. The molecule has 2 bridgehead atoms. The lowest BCUT2D eigenvalue weighted by molar-refractivity contribution is 0.0936. The van der Waals surface area contributed by atoms with Crippen LogP contribution >= 0.6 is 0 Å². The van der Waals surface area contributed by atoms with Gasteiger partial charge in [-0.25, -0.2) is 17.4 Å². The van der Waals surface area contributed by atoms with Gasteiger partial charge in [-0.3, -0.25) is 14.1 Å². The average Bonchev–Trinajstić information content (AvgIpc) is 3.41. The number of fused-ring (bicyclic) bond motifs is 3. The molecule has 1 aliphatic carbocycles. The highest BCUT2D eigenvalue weighted by molar-refractivity contribution is 7.88. The lowest BCUT2D eigenvalue weighted by Gasteiger charge is -2.29. The van der Waals surface area contributed by atoms with Crippen LogP contribution < -0.4 is 10.9 Å². The molecule has 0 saturated heterocycles. The molecular formula is C22H31N5O4S. The van der Waals surface area contributed by atoms with E-state index in [2.05, 4.69) is 16.4 Å². The lowest BCUT2D eigenvalue weighted by Crippen LogP contribution is -2.42. The highest BCUT2D eigenvalue weighted by atomic mass is 32.2. The van der Waals surface area contributed by atoms with Gasteiger partial charge in [-0.05, 0) is 56.9 Å². The van der Waals surface area contributed by atoms with Gasteiger partial charge >= 0.3 is 0 Å². The molecule has 32 heavy (non-hydrogen) atoms. The molecule has 0 aromatic carbocycles. The van der Waals surface area contributed by atoms with Crippen molar-refractivity contribution in [2.24, 2.45) is 0 Å². The summed E-state index contributed by atoms with van der Waals surface area (Å²) in [6, 6.07) is 5.55. The highest BCUT2D eigenvalue weighted by Gasteiger charge is 2.38. The van der Waals surface area contributed by atoms with Gasteiger partial charge < -0.3 is 10.2 Å². The van der Waals surface area contributed by atoms with Crippen molar-refractivity contribution in [2.75, 3.05) is 26.4 Å². The molecule has 1 aliphatic heterocycles. The van der Waals surface area contributed by atoms with Crippen molar-refractivity contribution < 1.29 is 13.2 Å². The van der Waals surface area contributed by atoms with Crippen molar-refractivity contribution in [1.29, 1.82) is 0 Å². The number of nitrogens with zero attached hydrogens (tertiary/aromatic N) is 4. The molecule has 2 aromatic rings. The van der Waals surface area contributed by atoms with E-state index in [4.69, 9.17) is 0 Å². The summed E-state index contributed by atoms with van der Waals surface area (Å²) in [5, 5.41) is 3.06. The Balaban J connectivity index is 1.43. The van der Waals surface area contributed by atoms with Crippen molar-refractivity contribution in [1.82, 2.24) is 23.7 Å². The van der Waals surface area contributed by atoms with E-state index in [0.29, 0.717) is 12.6 Å². The summed E-state index contributed by atoms with van der Waals surface area (Å²) in [7, 11) is -1.57. The summed E-state index contributed by atoms with van der Waals surface area (Å²) in [5.74, 6) is -0.340. The first-order valence-electron chi connectivity index (χ1n) is 11.0. The minimum Gasteiger partial charge on any atom is -0.374 e. The zero-order valence-electron chi connectivity index (χ0n) is 19.0. The molecule has 1 amide bonds. The van der Waals surface area contributed by atoms with Crippen molar-refractivity contribution in [3.8, 4) is 0 Å². The van der Waals surface area contributed by atoms with E-state index in [0.717, 1.165) is 36.9 Å². The molecule has 2 aromatic heterocycles. The SMILES string of the molecule is CC(C)n1c(=O)c(C(=O)NC2CC3CC2=CN3CCCN(C)S(C)(=O)=O)cc2cccn21. The Morgan fingerprint density at radius 1 is 1.34 bits per heavy atom. The van der Waals surface area contributed by atoms with Gasteiger partial charge in [-0.1, -0.05) is 0 Å². The van der Waals surface area contributed by atoms with Crippen LogP contribution in [0.15, 0.2) is 41.0 Å².